The minimum atomic E-state index is -0.279. The highest BCUT2D eigenvalue weighted by molar-refractivity contribution is 7.19. The van der Waals surface area contributed by atoms with Crippen molar-refractivity contribution in [2.75, 3.05) is 16.4 Å². The van der Waals surface area contributed by atoms with Crippen LogP contribution in [0, 0.1) is 6.92 Å². The molecule has 0 bridgehead atoms. The molecular weight excluding hydrogens is 394 g/mol. The number of aromatic nitrogens is 2. The lowest BCUT2D eigenvalue weighted by molar-refractivity contribution is 0.262. The van der Waals surface area contributed by atoms with Gasteiger partial charge in [0.05, 0.1) is 5.39 Å². The molecule has 0 spiro atoms. The molecule has 7 heteroatoms. The van der Waals surface area contributed by atoms with Crippen LogP contribution in [-0.4, -0.2) is 16.0 Å². The van der Waals surface area contributed by atoms with Gasteiger partial charge >= 0.3 is 6.03 Å². The summed E-state index contributed by atoms with van der Waals surface area (Å²) in [6.07, 6.45) is 1.50. The van der Waals surface area contributed by atoms with Crippen LogP contribution in [-0.2, 0) is 0 Å². The number of carbonyl (C=O) groups is 1. The normalized spacial score (nSPS) is 11.1. The van der Waals surface area contributed by atoms with Crippen LogP contribution in [0.15, 0.2) is 54.9 Å². The fourth-order valence-electron chi connectivity index (χ4n) is 3.38. The third kappa shape index (κ3) is 3.84. The molecule has 4 aromatic rings. The van der Waals surface area contributed by atoms with Crippen molar-refractivity contribution in [3.8, 4) is 11.1 Å². The van der Waals surface area contributed by atoms with E-state index >= 15 is 0 Å². The second-order valence-corrected chi connectivity index (χ2v) is 8.44. The Hall–Kier alpha value is -3.45. The molecular formula is C23H23N5OS. The van der Waals surface area contributed by atoms with Crippen molar-refractivity contribution < 1.29 is 4.79 Å². The number of nitrogens with one attached hydrogen (secondary N) is 2. The van der Waals surface area contributed by atoms with E-state index in [4.69, 9.17) is 5.73 Å². The van der Waals surface area contributed by atoms with Gasteiger partial charge in [-0.2, -0.15) is 0 Å². The molecule has 0 aliphatic heterocycles. The summed E-state index contributed by atoms with van der Waals surface area (Å²) in [6, 6.07) is 15.1. The summed E-state index contributed by atoms with van der Waals surface area (Å²) < 4.78 is 0. The molecule has 4 rings (SSSR count). The first-order valence-electron chi connectivity index (χ1n) is 9.71. The number of rotatable bonds is 4. The zero-order valence-electron chi connectivity index (χ0n) is 17.1. The first-order chi connectivity index (χ1) is 14.4. The maximum Gasteiger partial charge on any atom is 0.323 e. The average Bonchev–Trinajstić information content (AvgIpc) is 3.12. The van der Waals surface area contributed by atoms with Crippen LogP contribution in [0.2, 0.25) is 0 Å². The number of amides is 2. The number of para-hydroxylation sites is 1. The van der Waals surface area contributed by atoms with Crippen molar-refractivity contribution >= 4 is 44.8 Å². The van der Waals surface area contributed by atoms with Crippen molar-refractivity contribution in [1.29, 1.82) is 0 Å². The van der Waals surface area contributed by atoms with Gasteiger partial charge in [-0.15, -0.1) is 11.3 Å². The molecule has 0 atom stereocenters. The fraction of sp³-hybridized carbons (Fsp3) is 0.174. The van der Waals surface area contributed by atoms with Gasteiger partial charge in [-0.1, -0.05) is 44.2 Å². The van der Waals surface area contributed by atoms with E-state index in [0.29, 0.717) is 17.4 Å². The van der Waals surface area contributed by atoms with Crippen molar-refractivity contribution in [3.05, 3.63) is 65.3 Å². The number of fused-ring (bicyclic) bond motifs is 1. The number of carbonyl (C=O) groups excluding carboxylic acids is 1. The van der Waals surface area contributed by atoms with E-state index in [-0.39, 0.29) is 6.03 Å². The second kappa shape index (κ2) is 8.12. The second-order valence-electron chi connectivity index (χ2n) is 7.41. The van der Waals surface area contributed by atoms with Crippen LogP contribution in [0.5, 0.6) is 0 Å². The topological polar surface area (TPSA) is 92.9 Å². The van der Waals surface area contributed by atoms with Gasteiger partial charge in [-0.05, 0) is 42.2 Å². The fourth-order valence-corrected chi connectivity index (χ4v) is 4.56. The van der Waals surface area contributed by atoms with Gasteiger partial charge < -0.3 is 16.4 Å². The van der Waals surface area contributed by atoms with E-state index in [2.05, 4.69) is 34.4 Å². The summed E-state index contributed by atoms with van der Waals surface area (Å²) in [5, 5.41) is 6.65. The highest BCUT2D eigenvalue weighted by Gasteiger charge is 2.19. The number of thiophene rings is 1. The number of nitrogens with zero attached hydrogens (tertiary/aromatic N) is 2. The Morgan fingerprint density at radius 2 is 1.77 bits per heavy atom. The molecule has 0 aliphatic rings. The van der Waals surface area contributed by atoms with Gasteiger partial charge in [0.15, 0.2) is 0 Å². The number of hydrogen-bond acceptors (Lipinski definition) is 5. The summed E-state index contributed by atoms with van der Waals surface area (Å²) in [6.45, 7) is 6.27. The SMILES string of the molecule is Cc1ccccc1NC(=O)Nc1ccc(-c2c(C(C)C)sc3ncnc(N)c23)cc1. The molecule has 0 fully saturated rings. The smallest absolute Gasteiger partial charge is 0.323 e. The molecule has 0 aliphatic carbocycles. The zero-order chi connectivity index (χ0) is 21.3. The van der Waals surface area contributed by atoms with Crippen LogP contribution in [0.3, 0.4) is 0 Å². The Morgan fingerprint density at radius 1 is 1.03 bits per heavy atom. The highest BCUT2D eigenvalue weighted by Crippen LogP contribution is 2.43. The van der Waals surface area contributed by atoms with Crippen LogP contribution < -0.4 is 16.4 Å². The van der Waals surface area contributed by atoms with Gasteiger partial charge in [0.1, 0.15) is 17.0 Å². The number of benzene rings is 2. The molecule has 0 unspecified atom stereocenters. The Kier molecular flexibility index (Phi) is 5.37. The predicted octanol–water partition coefficient (Wildman–Crippen LogP) is 6.02. The van der Waals surface area contributed by atoms with Crippen molar-refractivity contribution in [2.45, 2.75) is 26.7 Å². The Morgan fingerprint density at radius 3 is 2.47 bits per heavy atom. The van der Waals surface area contributed by atoms with Gasteiger partial charge in [0, 0.05) is 21.8 Å². The summed E-state index contributed by atoms with van der Waals surface area (Å²) >= 11 is 1.65. The molecule has 0 saturated carbocycles. The zero-order valence-corrected chi connectivity index (χ0v) is 17.9. The largest absolute Gasteiger partial charge is 0.383 e. The van der Waals surface area contributed by atoms with Crippen molar-refractivity contribution in [3.63, 3.8) is 0 Å². The standard InChI is InChI=1S/C23H23N5OS/c1-13(2)20-18(19-21(24)25-12-26-22(19)30-20)15-8-10-16(11-9-15)27-23(29)28-17-7-5-4-6-14(17)3/h4-13H,1-3H3,(H2,24,25,26)(H2,27,28,29). The molecule has 0 saturated heterocycles. The Bertz CT molecular complexity index is 1210. The maximum absolute atomic E-state index is 12.4. The number of aryl methyl sites for hydroxylation is 1. The minimum Gasteiger partial charge on any atom is -0.383 e. The van der Waals surface area contributed by atoms with Gasteiger partial charge in [0.25, 0.3) is 0 Å². The molecule has 152 valence electrons. The Labute approximate surface area is 179 Å². The third-order valence-electron chi connectivity index (χ3n) is 4.89. The van der Waals surface area contributed by atoms with E-state index in [1.807, 2.05) is 55.5 Å². The summed E-state index contributed by atoms with van der Waals surface area (Å²) in [5.41, 5.74) is 10.8. The number of anilines is 3. The molecule has 30 heavy (non-hydrogen) atoms. The highest BCUT2D eigenvalue weighted by atomic mass is 32.1. The van der Waals surface area contributed by atoms with E-state index in [0.717, 1.165) is 32.6 Å². The summed E-state index contributed by atoms with van der Waals surface area (Å²) in [5.74, 6) is 0.814. The lowest BCUT2D eigenvalue weighted by atomic mass is 9.98. The molecule has 4 N–H and O–H groups in total. The van der Waals surface area contributed by atoms with E-state index in [1.54, 1.807) is 11.3 Å². The quantitative estimate of drug-likeness (QED) is 0.379. The van der Waals surface area contributed by atoms with Gasteiger partial charge in [-0.25, -0.2) is 14.8 Å². The minimum absolute atomic E-state index is 0.279. The molecule has 2 aromatic heterocycles. The predicted molar refractivity (Wildman–Crippen MR) is 125 cm³/mol. The van der Waals surface area contributed by atoms with E-state index in [1.165, 1.54) is 11.2 Å². The third-order valence-corrected chi connectivity index (χ3v) is 6.29. The number of nitrogen functional groups attached to an aromatic ring is 1. The van der Waals surface area contributed by atoms with Crippen LogP contribution in [0.25, 0.3) is 21.3 Å². The molecule has 2 heterocycles. The van der Waals surface area contributed by atoms with Crippen LogP contribution >= 0.6 is 11.3 Å². The molecule has 2 amide bonds. The van der Waals surface area contributed by atoms with Crippen molar-refractivity contribution in [1.82, 2.24) is 9.97 Å². The number of hydrogen-bond donors (Lipinski definition) is 3. The van der Waals surface area contributed by atoms with Crippen LogP contribution in [0.4, 0.5) is 22.0 Å². The first kappa shape index (κ1) is 19.8. The monoisotopic (exact) mass is 417 g/mol. The lowest BCUT2D eigenvalue weighted by Crippen LogP contribution is -2.19. The van der Waals surface area contributed by atoms with Gasteiger partial charge in [-0.3, -0.25) is 0 Å². The molecule has 2 aromatic carbocycles. The van der Waals surface area contributed by atoms with Crippen molar-refractivity contribution in [2.24, 2.45) is 0 Å². The maximum atomic E-state index is 12.4. The first-order valence-corrected chi connectivity index (χ1v) is 10.5. The van der Waals surface area contributed by atoms with E-state index < -0.39 is 0 Å². The average molecular weight is 418 g/mol. The lowest BCUT2D eigenvalue weighted by Gasteiger charge is -2.11. The van der Waals surface area contributed by atoms with E-state index in [9.17, 15) is 4.79 Å². The molecule has 6 nitrogen and oxygen atoms in total. The summed E-state index contributed by atoms with van der Waals surface area (Å²) in [4.78, 5) is 23.0. The molecule has 0 radical (unpaired) electrons. The summed E-state index contributed by atoms with van der Waals surface area (Å²) in [7, 11) is 0. The van der Waals surface area contributed by atoms with Crippen LogP contribution in [0.1, 0.15) is 30.2 Å². The Balaban J connectivity index is 1.61. The van der Waals surface area contributed by atoms with Gasteiger partial charge in [0.2, 0.25) is 0 Å². The number of urea groups is 1. The number of nitrogens with two attached hydrogens (primary N) is 1.